The van der Waals surface area contributed by atoms with Crippen LogP contribution in [0.25, 0.3) is 0 Å². The van der Waals surface area contributed by atoms with Crippen molar-refractivity contribution in [3.05, 3.63) is 95.6 Å². The van der Waals surface area contributed by atoms with Crippen LogP contribution in [-0.4, -0.2) is 41.8 Å². The molecule has 2 heterocycles. The third kappa shape index (κ3) is 4.87. The van der Waals surface area contributed by atoms with Crippen LogP contribution in [0.3, 0.4) is 0 Å². The normalized spacial score (nSPS) is 17.9. The Morgan fingerprint density at radius 3 is 2.67 bits per heavy atom. The van der Waals surface area contributed by atoms with E-state index < -0.39 is 5.41 Å². The van der Waals surface area contributed by atoms with Gasteiger partial charge in [-0.3, -0.25) is 14.6 Å². The molecule has 0 spiro atoms. The first-order chi connectivity index (χ1) is 16.0. The number of halogens is 1. The predicted molar refractivity (Wildman–Crippen MR) is 122 cm³/mol. The van der Waals surface area contributed by atoms with Crippen LogP contribution in [-0.2, 0) is 16.8 Å². The topological polar surface area (TPSA) is 71.5 Å². The van der Waals surface area contributed by atoms with Gasteiger partial charge >= 0.3 is 0 Å². The average molecular weight is 448 g/mol. The predicted octanol–water partition coefficient (Wildman–Crippen LogP) is 3.72. The van der Waals surface area contributed by atoms with Gasteiger partial charge in [-0.05, 0) is 60.9 Å². The van der Waals surface area contributed by atoms with Crippen LogP contribution >= 0.6 is 0 Å². The monoisotopic (exact) mass is 447 g/mol. The van der Waals surface area contributed by atoms with Crippen molar-refractivity contribution in [1.82, 2.24) is 15.2 Å². The van der Waals surface area contributed by atoms with E-state index in [4.69, 9.17) is 4.74 Å². The molecule has 0 unspecified atom stereocenters. The number of nitrogens with zero attached hydrogens (tertiary/aromatic N) is 2. The number of benzene rings is 2. The minimum absolute atomic E-state index is 0.143. The number of carbonyl (C=O) groups is 2. The molecule has 7 heteroatoms. The molecule has 4 rings (SSSR count). The molecule has 0 bridgehead atoms. The fraction of sp³-hybridized carbons (Fsp3) is 0.269. The van der Waals surface area contributed by atoms with Gasteiger partial charge in [0.1, 0.15) is 23.6 Å². The Morgan fingerprint density at radius 1 is 1.12 bits per heavy atom. The van der Waals surface area contributed by atoms with Crippen molar-refractivity contribution in [3.8, 4) is 5.75 Å². The van der Waals surface area contributed by atoms with Crippen LogP contribution in [0.5, 0.6) is 5.75 Å². The van der Waals surface area contributed by atoms with Gasteiger partial charge in [-0.25, -0.2) is 4.39 Å². The molecule has 0 aliphatic carbocycles. The maximum Gasteiger partial charge on any atom is 0.254 e. The lowest BCUT2D eigenvalue weighted by atomic mass is 9.75. The van der Waals surface area contributed by atoms with E-state index >= 15 is 0 Å². The molecule has 1 N–H and O–H groups in total. The molecule has 1 aliphatic rings. The maximum absolute atomic E-state index is 13.4. The molecule has 0 radical (unpaired) electrons. The van der Waals surface area contributed by atoms with Crippen LogP contribution < -0.4 is 10.1 Å². The first kappa shape index (κ1) is 22.5. The molecule has 1 fully saturated rings. The number of nitrogens with one attached hydrogen (secondary N) is 1. The van der Waals surface area contributed by atoms with Crippen molar-refractivity contribution < 1.29 is 18.7 Å². The van der Waals surface area contributed by atoms with Gasteiger partial charge in [0.25, 0.3) is 5.91 Å². The molecule has 1 saturated heterocycles. The third-order valence-electron chi connectivity index (χ3n) is 6.00. The number of aromatic nitrogens is 1. The number of pyridine rings is 1. The van der Waals surface area contributed by atoms with Crippen LogP contribution in [0.4, 0.5) is 4.39 Å². The SMILES string of the molecule is CNC(=O)[C@@]1(c2ccccn2)CCCN(C(=O)c2cccc(OCc3ccc(F)cc3)c2)C1. The Labute approximate surface area is 192 Å². The molecule has 2 aromatic carbocycles. The molecular formula is C26H26FN3O3. The zero-order valence-corrected chi connectivity index (χ0v) is 18.5. The summed E-state index contributed by atoms with van der Waals surface area (Å²) in [6, 6.07) is 18.6. The van der Waals surface area contributed by atoms with E-state index in [0.29, 0.717) is 36.4 Å². The highest BCUT2D eigenvalue weighted by molar-refractivity contribution is 5.96. The van der Waals surface area contributed by atoms with Gasteiger partial charge in [0.05, 0.1) is 5.69 Å². The molecule has 1 aromatic heterocycles. The fourth-order valence-corrected chi connectivity index (χ4v) is 4.27. The van der Waals surface area contributed by atoms with E-state index in [-0.39, 0.29) is 30.8 Å². The second-order valence-corrected chi connectivity index (χ2v) is 8.15. The molecule has 2 amide bonds. The average Bonchev–Trinajstić information content (AvgIpc) is 2.88. The standard InChI is InChI=1S/C26H26FN3O3/c1-28-25(32)26(23-8-2-3-14-29-23)13-5-15-30(18-26)24(31)20-6-4-7-22(16-20)33-17-19-9-11-21(27)12-10-19/h2-4,6-12,14,16H,5,13,15,17-18H2,1H3,(H,28,32)/t26-/m0/s1. The molecule has 0 saturated carbocycles. The number of piperidine rings is 1. The van der Waals surface area contributed by atoms with Gasteiger partial charge in [-0.2, -0.15) is 0 Å². The van der Waals surface area contributed by atoms with Crippen LogP contribution in [0.2, 0.25) is 0 Å². The van der Waals surface area contributed by atoms with E-state index in [1.54, 1.807) is 54.5 Å². The van der Waals surface area contributed by atoms with Crippen molar-refractivity contribution in [2.24, 2.45) is 0 Å². The van der Waals surface area contributed by atoms with E-state index in [1.807, 2.05) is 18.2 Å². The van der Waals surface area contributed by atoms with Crippen LogP contribution in [0.15, 0.2) is 72.9 Å². The van der Waals surface area contributed by atoms with Crippen molar-refractivity contribution >= 4 is 11.8 Å². The Morgan fingerprint density at radius 2 is 1.94 bits per heavy atom. The fourth-order valence-electron chi connectivity index (χ4n) is 4.27. The van der Waals surface area contributed by atoms with Gasteiger partial charge in [-0.1, -0.05) is 24.3 Å². The highest BCUT2D eigenvalue weighted by Gasteiger charge is 2.45. The van der Waals surface area contributed by atoms with E-state index in [2.05, 4.69) is 10.3 Å². The quantitative estimate of drug-likeness (QED) is 0.625. The number of carbonyl (C=O) groups excluding carboxylic acids is 2. The molecule has 1 aliphatic heterocycles. The summed E-state index contributed by atoms with van der Waals surface area (Å²) in [4.78, 5) is 32.5. The maximum atomic E-state index is 13.4. The Bertz CT molecular complexity index is 1120. The van der Waals surface area contributed by atoms with E-state index in [1.165, 1.54) is 12.1 Å². The molecule has 1 atom stereocenters. The number of amides is 2. The summed E-state index contributed by atoms with van der Waals surface area (Å²) < 4.78 is 18.9. The second-order valence-electron chi connectivity index (χ2n) is 8.15. The number of rotatable bonds is 6. The molecule has 170 valence electrons. The Kier molecular flexibility index (Phi) is 6.68. The van der Waals surface area contributed by atoms with Crippen molar-refractivity contribution in [2.45, 2.75) is 24.9 Å². The lowest BCUT2D eigenvalue weighted by molar-refractivity contribution is -0.128. The summed E-state index contributed by atoms with van der Waals surface area (Å²) in [7, 11) is 1.61. The minimum atomic E-state index is -0.888. The van der Waals surface area contributed by atoms with Gasteiger partial charge < -0.3 is 15.0 Å². The smallest absolute Gasteiger partial charge is 0.254 e. The zero-order chi connectivity index (χ0) is 23.3. The van der Waals surface area contributed by atoms with Crippen molar-refractivity contribution in [2.75, 3.05) is 20.1 Å². The second kappa shape index (κ2) is 9.81. The number of ether oxygens (including phenoxy) is 1. The number of hydrogen-bond donors (Lipinski definition) is 1. The Hall–Kier alpha value is -3.74. The summed E-state index contributed by atoms with van der Waals surface area (Å²) >= 11 is 0. The summed E-state index contributed by atoms with van der Waals surface area (Å²) in [5.74, 6) is -0.0582. The van der Waals surface area contributed by atoms with Gasteiger partial charge in [-0.15, -0.1) is 0 Å². The number of hydrogen-bond acceptors (Lipinski definition) is 4. The first-order valence-electron chi connectivity index (χ1n) is 10.9. The molecule has 3 aromatic rings. The zero-order valence-electron chi connectivity index (χ0n) is 18.5. The van der Waals surface area contributed by atoms with Gasteiger partial charge in [0, 0.05) is 31.9 Å². The molecule has 33 heavy (non-hydrogen) atoms. The minimum Gasteiger partial charge on any atom is -0.489 e. The van der Waals surface area contributed by atoms with Crippen LogP contribution in [0, 0.1) is 5.82 Å². The molecule has 6 nitrogen and oxygen atoms in total. The summed E-state index contributed by atoms with van der Waals surface area (Å²) in [5.41, 5.74) is 1.09. The van der Waals surface area contributed by atoms with E-state index in [0.717, 1.165) is 5.56 Å². The van der Waals surface area contributed by atoms with E-state index in [9.17, 15) is 14.0 Å². The number of likely N-dealkylation sites (tertiary alicyclic amines) is 1. The van der Waals surface area contributed by atoms with Crippen molar-refractivity contribution in [1.29, 1.82) is 0 Å². The van der Waals surface area contributed by atoms with Crippen molar-refractivity contribution in [3.63, 3.8) is 0 Å². The molecular weight excluding hydrogens is 421 g/mol. The largest absolute Gasteiger partial charge is 0.489 e. The highest BCUT2D eigenvalue weighted by atomic mass is 19.1. The number of likely N-dealkylation sites (N-methyl/N-ethyl adjacent to an activating group) is 1. The lowest BCUT2D eigenvalue weighted by Crippen LogP contribution is -2.56. The summed E-state index contributed by atoms with van der Waals surface area (Å²) in [6.45, 7) is 1.08. The Balaban J connectivity index is 1.52. The van der Waals surface area contributed by atoms with Gasteiger partial charge in [0.15, 0.2) is 0 Å². The highest BCUT2D eigenvalue weighted by Crippen LogP contribution is 2.34. The van der Waals surface area contributed by atoms with Crippen LogP contribution in [0.1, 0.15) is 34.5 Å². The summed E-state index contributed by atoms with van der Waals surface area (Å²) in [6.07, 6.45) is 2.98. The first-order valence-corrected chi connectivity index (χ1v) is 10.9. The lowest BCUT2D eigenvalue weighted by Gasteiger charge is -2.41. The third-order valence-corrected chi connectivity index (χ3v) is 6.00. The summed E-state index contributed by atoms with van der Waals surface area (Å²) in [5, 5.41) is 2.76. The van der Waals surface area contributed by atoms with Gasteiger partial charge in [0.2, 0.25) is 5.91 Å².